The number of pyridine rings is 1. The highest BCUT2D eigenvalue weighted by molar-refractivity contribution is 6.04. The molecule has 2 heterocycles. The van der Waals surface area contributed by atoms with E-state index in [-0.39, 0.29) is 36.5 Å². The number of benzene rings is 2. The van der Waals surface area contributed by atoms with Crippen molar-refractivity contribution in [1.29, 1.82) is 0 Å². The topological polar surface area (TPSA) is 45.2 Å². The largest absolute Gasteiger partial charge is 0.322 e. The molecule has 7 heteroatoms. The molecule has 4 nitrogen and oxygen atoms in total. The third-order valence-electron chi connectivity index (χ3n) is 6.27. The van der Waals surface area contributed by atoms with E-state index >= 15 is 0 Å². The van der Waals surface area contributed by atoms with Crippen LogP contribution in [0.4, 0.5) is 10.1 Å². The van der Waals surface area contributed by atoms with Crippen LogP contribution in [0.2, 0.25) is 0 Å². The summed E-state index contributed by atoms with van der Waals surface area (Å²) < 4.78 is 13.1. The van der Waals surface area contributed by atoms with Gasteiger partial charge in [0.25, 0.3) is 5.91 Å². The van der Waals surface area contributed by atoms with E-state index in [9.17, 15) is 9.18 Å². The van der Waals surface area contributed by atoms with Crippen LogP contribution in [0.15, 0.2) is 66.4 Å². The van der Waals surface area contributed by atoms with Gasteiger partial charge < -0.3 is 5.32 Å². The minimum atomic E-state index is -0.284. The van der Waals surface area contributed by atoms with Crippen LogP contribution in [0.3, 0.4) is 0 Å². The molecule has 0 spiro atoms. The Balaban J connectivity index is 0.00000162. The molecular formula is C27H28Cl2FN3O. The minimum absolute atomic E-state index is 0. The first-order valence-electron chi connectivity index (χ1n) is 11.2. The Labute approximate surface area is 212 Å². The molecule has 5 rings (SSSR count). The SMILES string of the molecule is Cl.Cl.O=C(Nc1ccc2c(c1)CCC(CN1CCCC1)=C2)c1ccc(-c2ccc(F)cc2)nc1. The number of carbonyl (C=O) groups excluding carboxylic acids is 1. The number of likely N-dealkylation sites (tertiary alicyclic amines) is 1. The van der Waals surface area contributed by atoms with Crippen LogP contribution in [0.5, 0.6) is 0 Å². The smallest absolute Gasteiger partial charge is 0.257 e. The second-order valence-electron chi connectivity index (χ2n) is 8.59. The first-order chi connectivity index (χ1) is 15.6. The number of amides is 1. The average Bonchev–Trinajstić information content (AvgIpc) is 3.33. The van der Waals surface area contributed by atoms with Crippen molar-refractivity contribution in [2.45, 2.75) is 25.7 Å². The number of aryl methyl sites for hydroxylation is 1. The van der Waals surface area contributed by atoms with Gasteiger partial charge in [0.1, 0.15) is 5.82 Å². The molecule has 1 fully saturated rings. The van der Waals surface area contributed by atoms with Gasteiger partial charge in [-0.3, -0.25) is 14.7 Å². The maximum atomic E-state index is 13.1. The zero-order valence-corrected chi connectivity index (χ0v) is 20.4. The van der Waals surface area contributed by atoms with Crippen LogP contribution in [0, 0.1) is 5.82 Å². The number of anilines is 1. The quantitative estimate of drug-likeness (QED) is 0.441. The summed E-state index contributed by atoms with van der Waals surface area (Å²) in [6, 6.07) is 15.8. The molecule has 1 aliphatic heterocycles. The first-order valence-corrected chi connectivity index (χ1v) is 11.2. The number of hydrogen-bond donors (Lipinski definition) is 1. The normalized spacial score (nSPS) is 14.9. The molecule has 0 unspecified atom stereocenters. The van der Waals surface area contributed by atoms with Gasteiger partial charge in [-0.05, 0) is 98.4 Å². The van der Waals surface area contributed by atoms with Gasteiger partial charge in [0.2, 0.25) is 0 Å². The van der Waals surface area contributed by atoms with E-state index in [0.29, 0.717) is 11.3 Å². The predicted octanol–water partition coefficient (Wildman–Crippen LogP) is 6.41. The fraction of sp³-hybridized carbons (Fsp3) is 0.259. The second kappa shape index (κ2) is 11.6. The van der Waals surface area contributed by atoms with Crippen LogP contribution in [-0.2, 0) is 6.42 Å². The van der Waals surface area contributed by atoms with E-state index in [4.69, 9.17) is 0 Å². The van der Waals surface area contributed by atoms with Gasteiger partial charge in [-0.2, -0.15) is 0 Å². The lowest BCUT2D eigenvalue weighted by atomic mass is 9.91. The average molecular weight is 500 g/mol. The minimum Gasteiger partial charge on any atom is -0.322 e. The zero-order valence-electron chi connectivity index (χ0n) is 18.8. The zero-order chi connectivity index (χ0) is 21.9. The maximum absolute atomic E-state index is 13.1. The summed E-state index contributed by atoms with van der Waals surface area (Å²) in [5, 5.41) is 2.99. The molecule has 0 atom stereocenters. The number of hydrogen-bond acceptors (Lipinski definition) is 3. The van der Waals surface area contributed by atoms with Crippen LogP contribution < -0.4 is 5.32 Å². The van der Waals surface area contributed by atoms with Crippen molar-refractivity contribution in [2.24, 2.45) is 0 Å². The number of nitrogens with one attached hydrogen (secondary N) is 1. The third-order valence-corrected chi connectivity index (χ3v) is 6.27. The van der Waals surface area contributed by atoms with Crippen molar-refractivity contribution >= 4 is 42.5 Å². The maximum Gasteiger partial charge on any atom is 0.257 e. The molecule has 1 amide bonds. The molecule has 34 heavy (non-hydrogen) atoms. The Morgan fingerprint density at radius 1 is 0.971 bits per heavy atom. The molecule has 1 saturated heterocycles. The number of fused-ring (bicyclic) bond motifs is 1. The van der Waals surface area contributed by atoms with Crippen molar-refractivity contribution in [2.75, 3.05) is 25.0 Å². The summed E-state index contributed by atoms with van der Waals surface area (Å²) in [7, 11) is 0. The predicted molar refractivity (Wildman–Crippen MR) is 140 cm³/mol. The summed E-state index contributed by atoms with van der Waals surface area (Å²) in [5.41, 5.74) is 6.83. The van der Waals surface area contributed by atoms with Gasteiger partial charge in [0, 0.05) is 24.0 Å². The van der Waals surface area contributed by atoms with E-state index in [1.54, 1.807) is 30.5 Å². The van der Waals surface area contributed by atoms with Crippen molar-refractivity contribution in [3.05, 3.63) is 88.9 Å². The Bertz CT molecular complexity index is 1160. The Morgan fingerprint density at radius 2 is 1.74 bits per heavy atom. The molecule has 0 saturated carbocycles. The van der Waals surface area contributed by atoms with Crippen LogP contribution in [0.25, 0.3) is 17.3 Å². The van der Waals surface area contributed by atoms with Crippen LogP contribution in [0.1, 0.15) is 40.7 Å². The molecule has 0 radical (unpaired) electrons. The first kappa shape index (κ1) is 25.9. The summed E-state index contributed by atoms with van der Waals surface area (Å²) in [6.07, 6.45) is 8.60. The standard InChI is InChI=1S/C27H26FN3O.2ClH/c28-24-9-5-20(6-10-24)26-12-8-23(17-29-26)27(32)30-25-11-7-21-15-19(3-4-22(21)16-25)18-31-13-1-2-14-31;;/h5-12,15-17H,1-4,13-14,18H2,(H,30,32);2*1H. The van der Waals surface area contributed by atoms with Crippen LogP contribution >= 0.6 is 24.8 Å². The lowest BCUT2D eigenvalue weighted by Gasteiger charge is -2.22. The Kier molecular flexibility index (Phi) is 8.84. The van der Waals surface area contributed by atoms with Crippen molar-refractivity contribution in [3.8, 4) is 11.3 Å². The van der Waals surface area contributed by atoms with Crippen molar-refractivity contribution < 1.29 is 9.18 Å². The molecule has 1 N–H and O–H groups in total. The Hall–Kier alpha value is -2.73. The molecular weight excluding hydrogens is 472 g/mol. The van der Waals surface area contributed by atoms with Crippen LogP contribution in [-0.4, -0.2) is 35.4 Å². The summed E-state index contributed by atoms with van der Waals surface area (Å²) in [6.45, 7) is 3.52. The molecule has 178 valence electrons. The number of halogens is 3. The molecule has 2 aliphatic rings. The van der Waals surface area contributed by atoms with E-state index in [1.807, 2.05) is 6.07 Å². The molecule has 0 bridgehead atoms. The summed E-state index contributed by atoms with van der Waals surface area (Å²) in [5.74, 6) is -0.475. The summed E-state index contributed by atoms with van der Waals surface area (Å²) >= 11 is 0. The van der Waals surface area contributed by atoms with Crippen molar-refractivity contribution in [1.82, 2.24) is 9.88 Å². The van der Waals surface area contributed by atoms with Gasteiger partial charge in [-0.15, -0.1) is 24.8 Å². The fourth-order valence-corrected chi connectivity index (χ4v) is 4.50. The fourth-order valence-electron chi connectivity index (χ4n) is 4.50. The molecule has 1 aliphatic carbocycles. The van der Waals surface area contributed by atoms with Gasteiger partial charge in [0.05, 0.1) is 11.3 Å². The monoisotopic (exact) mass is 499 g/mol. The number of nitrogens with zero attached hydrogens (tertiary/aromatic N) is 2. The third kappa shape index (κ3) is 6.03. The van der Waals surface area contributed by atoms with Gasteiger partial charge in [-0.25, -0.2) is 4.39 Å². The van der Waals surface area contributed by atoms with Crippen molar-refractivity contribution in [3.63, 3.8) is 0 Å². The molecule has 2 aromatic carbocycles. The highest BCUT2D eigenvalue weighted by atomic mass is 35.5. The number of aromatic nitrogens is 1. The molecule has 3 aromatic rings. The van der Waals surface area contributed by atoms with E-state index < -0.39 is 0 Å². The Morgan fingerprint density at radius 3 is 2.44 bits per heavy atom. The van der Waals surface area contributed by atoms with Gasteiger partial charge >= 0.3 is 0 Å². The molecule has 1 aromatic heterocycles. The lowest BCUT2D eigenvalue weighted by molar-refractivity contribution is 0.102. The van der Waals surface area contributed by atoms with E-state index in [2.05, 4.69) is 33.4 Å². The van der Waals surface area contributed by atoms with Gasteiger partial charge in [-0.1, -0.05) is 17.7 Å². The van der Waals surface area contributed by atoms with E-state index in [0.717, 1.165) is 30.6 Å². The number of carbonyl (C=O) groups is 1. The van der Waals surface area contributed by atoms with Gasteiger partial charge in [0.15, 0.2) is 0 Å². The highest BCUT2D eigenvalue weighted by Gasteiger charge is 2.17. The number of rotatable bonds is 5. The lowest BCUT2D eigenvalue weighted by Crippen LogP contribution is -2.23. The summed E-state index contributed by atoms with van der Waals surface area (Å²) in [4.78, 5) is 19.6. The second-order valence-corrected chi connectivity index (χ2v) is 8.59. The highest BCUT2D eigenvalue weighted by Crippen LogP contribution is 2.28. The van der Waals surface area contributed by atoms with E-state index in [1.165, 1.54) is 54.8 Å².